The minimum atomic E-state index is -0.335. The average molecular weight is 390 g/mol. The molecule has 2 aromatic rings. The van der Waals surface area contributed by atoms with Gasteiger partial charge in [-0.2, -0.15) is 0 Å². The summed E-state index contributed by atoms with van der Waals surface area (Å²) in [5.74, 6) is 0.421. The molecule has 0 atom stereocenters. The van der Waals surface area contributed by atoms with Crippen LogP contribution in [0, 0.1) is 5.82 Å². The van der Waals surface area contributed by atoms with Crippen LogP contribution in [-0.2, 0) is 0 Å². The van der Waals surface area contributed by atoms with E-state index in [-0.39, 0.29) is 5.82 Å². The molecule has 1 aromatic carbocycles. The van der Waals surface area contributed by atoms with Crippen molar-refractivity contribution in [2.45, 2.75) is 31.6 Å². The van der Waals surface area contributed by atoms with Crippen LogP contribution in [0.3, 0.4) is 0 Å². The summed E-state index contributed by atoms with van der Waals surface area (Å²) < 4.78 is 13.7. The summed E-state index contributed by atoms with van der Waals surface area (Å²) in [6.45, 7) is 0. The highest BCUT2D eigenvalue weighted by molar-refractivity contribution is 9.10. The molecule has 2 nitrogen and oxygen atoms in total. The molecule has 1 fully saturated rings. The first kappa shape index (κ1) is 15.2. The van der Waals surface area contributed by atoms with Crippen molar-refractivity contribution in [3.05, 3.63) is 44.4 Å². The summed E-state index contributed by atoms with van der Waals surface area (Å²) in [6.07, 6.45) is 4.52. The molecule has 6 heteroatoms. The molecule has 0 N–H and O–H groups in total. The number of benzene rings is 1. The van der Waals surface area contributed by atoms with Crippen LogP contribution in [-0.4, -0.2) is 9.97 Å². The maximum atomic E-state index is 13.3. The second kappa shape index (κ2) is 6.19. The number of hydrogen-bond acceptors (Lipinski definition) is 2. The Morgan fingerprint density at radius 3 is 2.29 bits per heavy atom. The lowest BCUT2D eigenvalue weighted by atomic mass is 10.0. The van der Waals surface area contributed by atoms with E-state index in [0.717, 1.165) is 18.4 Å². The van der Waals surface area contributed by atoms with E-state index in [1.165, 1.54) is 18.9 Å². The Balaban J connectivity index is 2.03. The Hall–Kier alpha value is -0.710. The van der Waals surface area contributed by atoms with E-state index in [4.69, 9.17) is 23.2 Å². The molecule has 0 unspecified atom stereocenters. The smallest absolute Gasteiger partial charge is 0.162 e. The monoisotopic (exact) mass is 388 g/mol. The Morgan fingerprint density at radius 1 is 1.10 bits per heavy atom. The Kier molecular flexibility index (Phi) is 4.48. The highest BCUT2D eigenvalue weighted by atomic mass is 79.9. The van der Waals surface area contributed by atoms with Gasteiger partial charge in [0.15, 0.2) is 5.82 Å². The minimum absolute atomic E-state index is 0.335. The van der Waals surface area contributed by atoms with E-state index in [1.54, 1.807) is 12.1 Å². The van der Waals surface area contributed by atoms with E-state index in [0.29, 0.717) is 32.1 Å². The molecular formula is C15H12BrCl2FN2. The molecule has 0 saturated heterocycles. The highest BCUT2D eigenvalue weighted by Gasteiger charge is 2.24. The van der Waals surface area contributed by atoms with Gasteiger partial charge in [0.1, 0.15) is 16.1 Å². The number of rotatable bonds is 2. The fourth-order valence-electron chi connectivity index (χ4n) is 2.73. The zero-order valence-electron chi connectivity index (χ0n) is 11.0. The van der Waals surface area contributed by atoms with E-state index in [1.807, 2.05) is 0 Å². The molecule has 1 aromatic heterocycles. The van der Waals surface area contributed by atoms with Crippen LogP contribution in [0.15, 0.2) is 22.7 Å². The lowest BCUT2D eigenvalue weighted by Gasteiger charge is -2.13. The summed E-state index contributed by atoms with van der Waals surface area (Å²) >= 11 is 15.8. The van der Waals surface area contributed by atoms with Crippen LogP contribution in [0.2, 0.25) is 10.3 Å². The van der Waals surface area contributed by atoms with Crippen molar-refractivity contribution in [2.24, 2.45) is 0 Å². The van der Waals surface area contributed by atoms with Gasteiger partial charge >= 0.3 is 0 Å². The summed E-state index contributed by atoms with van der Waals surface area (Å²) in [7, 11) is 0. The normalized spacial score (nSPS) is 15.6. The van der Waals surface area contributed by atoms with Gasteiger partial charge < -0.3 is 0 Å². The van der Waals surface area contributed by atoms with E-state index in [2.05, 4.69) is 25.9 Å². The SMILES string of the molecule is Fc1ccc(-c2nc(Cl)c(C3CCCC3)c(Cl)n2)cc1Br. The molecule has 0 radical (unpaired) electrons. The Morgan fingerprint density at radius 2 is 1.71 bits per heavy atom. The van der Waals surface area contributed by atoms with Gasteiger partial charge in [-0.05, 0) is 52.9 Å². The number of halogens is 4. The molecule has 1 heterocycles. The molecule has 0 spiro atoms. The third-order valence-electron chi connectivity index (χ3n) is 3.79. The van der Waals surface area contributed by atoms with Gasteiger partial charge in [-0.3, -0.25) is 0 Å². The van der Waals surface area contributed by atoms with Crippen molar-refractivity contribution in [3.63, 3.8) is 0 Å². The summed E-state index contributed by atoms with van der Waals surface area (Å²) in [6, 6.07) is 4.58. The third kappa shape index (κ3) is 3.08. The zero-order valence-corrected chi connectivity index (χ0v) is 14.1. The second-order valence-electron chi connectivity index (χ2n) is 5.15. The van der Waals surface area contributed by atoms with Crippen molar-refractivity contribution >= 4 is 39.1 Å². The standard InChI is InChI=1S/C15H12BrCl2FN2/c16-10-7-9(5-6-11(10)19)15-20-13(17)12(14(18)21-15)8-3-1-2-4-8/h5-8H,1-4H2. The maximum absolute atomic E-state index is 13.3. The van der Waals surface area contributed by atoms with Crippen LogP contribution in [0.25, 0.3) is 11.4 Å². The molecule has 1 saturated carbocycles. The predicted molar refractivity (Wildman–Crippen MR) is 86.4 cm³/mol. The second-order valence-corrected chi connectivity index (χ2v) is 6.72. The molecule has 110 valence electrons. The molecule has 0 amide bonds. The lowest BCUT2D eigenvalue weighted by molar-refractivity contribution is 0.621. The topological polar surface area (TPSA) is 25.8 Å². The number of nitrogens with zero attached hydrogens (tertiary/aromatic N) is 2. The molecule has 0 bridgehead atoms. The number of hydrogen-bond donors (Lipinski definition) is 0. The van der Waals surface area contributed by atoms with Gasteiger partial charge in [0.25, 0.3) is 0 Å². The summed E-state index contributed by atoms with van der Waals surface area (Å²) in [4.78, 5) is 8.69. The zero-order chi connectivity index (χ0) is 15.0. The van der Waals surface area contributed by atoms with Crippen molar-refractivity contribution in [2.75, 3.05) is 0 Å². The molecule has 3 rings (SSSR count). The van der Waals surface area contributed by atoms with E-state index < -0.39 is 0 Å². The molecule has 21 heavy (non-hydrogen) atoms. The summed E-state index contributed by atoms with van der Waals surface area (Å²) in [5.41, 5.74) is 1.52. The quantitative estimate of drug-likeness (QED) is 0.587. The first-order valence-corrected chi connectivity index (χ1v) is 8.29. The van der Waals surface area contributed by atoms with Crippen LogP contribution in [0.1, 0.15) is 37.2 Å². The minimum Gasteiger partial charge on any atom is -0.216 e. The van der Waals surface area contributed by atoms with E-state index >= 15 is 0 Å². The fraction of sp³-hybridized carbons (Fsp3) is 0.333. The van der Waals surface area contributed by atoms with Crippen molar-refractivity contribution in [1.82, 2.24) is 9.97 Å². The maximum Gasteiger partial charge on any atom is 0.162 e. The van der Waals surface area contributed by atoms with Gasteiger partial charge in [0.05, 0.1) is 4.47 Å². The van der Waals surface area contributed by atoms with Crippen molar-refractivity contribution < 1.29 is 4.39 Å². The van der Waals surface area contributed by atoms with Crippen LogP contribution in [0.5, 0.6) is 0 Å². The first-order chi connectivity index (χ1) is 10.1. The van der Waals surface area contributed by atoms with Crippen molar-refractivity contribution in [3.8, 4) is 11.4 Å². The Bertz CT molecular complexity index is 664. The van der Waals surface area contributed by atoms with Gasteiger partial charge in [0.2, 0.25) is 0 Å². The van der Waals surface area contributed by atoms with Crippen LogP contribution in [0.4, 0.5) is 4.39 Å². The first-order valence-electron chi connectivity index (χ1n) is 6.74. The summed E-state index contributed by atoms with van der Waals surface area (Å²) in [5, 5.41) is 0.801. The molecule has 0 aliphatic heterocycles. The number of aromatic nitrogens is 2. The van der Waals surface area contributed by atoms with Crippen LogP contribution >= 0.6 is 39.1 Å². The molecule has 1 aliphatic rings. The van der Waals surface area contributed by atoms with Gasteiger partial charge in [-0.15, -0.1) is 0 Å². The average Bonchev–Trinajstić information content (AvgIpc) is 2.95. The van der Waals surface area contributed by atoms with Crippen molar-refractivity contribution in [1.29, 1.82) is 0 Å². The molecule has 1 aliphatic carbocycles. The van der Waals surface area contributed by atoms with Gasteiger partial charge in [-0.1, -0.05) is 36.0 Å². The highest BCUT2D eigenvalue weighted by Crippen LogP contribution is 2.40. The fourth-order valence-corrected chi connectivity index (χ4v) is 3.81. The van der Waals surface area contributed by atoms with Gasteiger partial charge in [-0.25, -0.2) is 14.4 Å². The van der Waals surface area contributed by atoms with Gasteiger partial charge in [0, 0.05) is 11.1 Å². The van der Waals surface area contributed by atoms with Crippen LogP contribution < -0.4 is 0 Å². The predicted octanol–water partition coefficient (Wildman–Crippen LogP) is 6.01. The van der Waals surface area contributed by atoms with E-state index in [9.17, 15) is 4.39 Å². The largest absolute Gasteiger partial charge is 0.216 e. The lowest BCUT2D eigenvalue weighted by Crippen LogP contribution is -2.01. The Labute approximate surface area is 140 Å². The molecular weight excluding hydrogens is 378 g/mol. The third-order valence-corrected chi connectivity index (χ3v) is 4.98.